The van der Waals surface area contributed by atoms with E-state index in [0.717, 1.165) is 44.1 Å². The van der Waals surface area contributed by atoms with Crippen LogP contribution in [0, 0.1) is 6.92 Å². The van der Waals surface area contributed by atoms with Crippen LogP contribution < -0.4 is 10.0 Å². The van der Waals surface area contributed by atoms with Crippen molar-refractivity contribution >= 4 is 15.9 Å². The summed E-state index contributed by atoms with van der Waals surface area (Å²) in [6.07, 6.45) is 7.18. The molecule has 1 aromatic carbocycles. The summed E-state index contributed by atoms with van der Waals surface area (Å²) in [5.41, 5.74) is 1.23. The number of hydrogen-bond acceptors (Lipinski definition) is 3. The van der Waals surface area contributed by atoms with Crippen molar-refractivity contribution in [3.8, 4) is 0 Å². The highest BCUT2D eigenvalue weighted by atomic mass is 32.2. The van der Waals surface area contributed by atoms with Crippen LogP contribution in [0.5, 0.6) is 0 Å². The molecular weight excluding hydrogens is 336 g/mol. The molecule has 0 unspecified atom stereocenters. The summed E-state index contributed by atoms with van der Waals surface area (Å²) in [5.74, 6) is -0.178. The Bertz CT molecular complexity index is 695. The number of benzene rings is 1. The predicted molar refractivity (Wildman–Crippen MR) is 100 cm³/mol. The van der Waals surface area contributed by atoms with E-state index in [4.69, 9.17) is 0 Å². The molecule has 0 bridgehead atoms. The zero-order valence-electron chi connectivity index (χ0n) is 15.5. The SMILES string of the molecule is CCC[C@H](C)NS(=O)(=O)c1ccc(C)c(C(=O)NC2CCCCC2)c1. The molecule has 0 radical (unpaired) electrons. The van der Waals surface area contributed by atoms with Crippen molar-refractivity contribution in [3.63, 3.8) is 0 Å². The minimum atomic E-state index is -3.62. The average molecular weight is 367 g/mol. The summed E-state index contributed by atoms with van der Waals surface area (Å²) in [4.78, 5) is 12.8. The second-order valence-electron chi connectivity index (χ2n) is 7.10. The first-order valence-electron chi connectivity index (χ1n) is 9.27. The number of amides is 1. The van der Waals surface area contributed by atoms with Gasteiger partial charge in [0.2, 0.25) is 10.0 Å². The van der Waals surface area contributed by atoms with Crippen molar-refractivity contribution in [1.29, 1.82) is 0 Å². The highest BCUT2D eigenvalue weighted by molar-refractivity contribution is 7.89. The van der Waals surface area contributed by atoms with Gasteiger partial charge in [-0.2, -0.15) is 0 Å². The van der Waals surface area contributed by atoms with Gasteiger partial charge < -0.3 is 5.32 Å². The quantitative estimate of drug-likeness (QED) is 0.775. The largest absolute Gasteiger partial charge is 0.349 e. The molecule has 0 heterocycles. The van der Waals surface area contributed by atoms with E-state index in [9.17, 15) is 13.2 Å². The fourth-order valence-corrected chi connectivity index (χ4v) is 4.65. The van der Waals surface area contributed by atoms with Gasteiger partial charge in [0.15, 0.2) is 0 Å². The molecular formula is C19H30N2O3S. The third-order valence-corrected chi connectivity index (χ3v) is 6.37. The Morgan fingerprint density at radius 1 is 1.24 bits per heavy atom. The molecule has 1 aromatic rings. The molecule has 0 spiro atoms. The molecule has 5 nitrogen and oxygen atoms in total. The summed E-state index contributed by atoms with van der Waals surface area (Å²) >= 11 is 0. The van der Waals surface area contributed by atoms with Gasteiger partial charge in [-0.25, -0.2) is 13.1 Å². The Kier molecular flexibility index (Phi) is 7.02. The van der Waals surface area contributed by atoms with Crippen LogP contribution in [0.2, 0.25) is 0 Å². The second-order valence-corrected chi connectivity index (χ2v) is 8.81. The molecule has 0 saturated heterocycles. The number of rotatable bonds is 7. The lowest BCUT2D eigenvalue weighted by atomic mass is 9.95. The zero-order valence-corrected chi connectivity index (χ0v) is 16.3. The number of nitrogens with one attached hydrogen (secondary N) is 2. The van der Waals surface area contributed by atoms with E-state index >= 15 is 0 Å². The maximum atomic E-state index is 12.6. The van der Waals surface area contributed by atoms with Crippen molar-refractivity contribution in [3.05, 3.63) is 29.3 Å². The van der Waals surface area contributed by atoms with Crippen molar-refractivity contribution in [2.24, 2.45) is 0 Å². The van der Waals surface area contributed by atoms with Crippen LogP contribution in [0.15, 0.2) is 23.1 Å². The minimum Gasteiger partial charge on any atom is -0.349 e. The van der Waals surface area contributed by atoms with Crippen molar-refractivity contribution < 1.29 is 13.2 Å². The van der Waals surface area contributed by atoms with E-state index in [1.807, 2.05) is 20.8 Å². The van der Waals surface area contributed by atoms with Crippen LogP contribution in [0.4, 0.5) is 0 Å². The number of carbonyl (C=O) groups excluding carboxylic acids is 1. The number of carbonyl (C=O) groups is 1. The van der Waals surface area contributed by atoms with Gasteiger partial charge in [-0.05, 0) is 50.8 Å². The van der Waals surface area contributed by atoms with Gasteiger partial charge in [-0.3, -0.25) is 4.79 Å². The van der Waals surface area contributed by atoms with E-state index in [2.05, 4.69) is 10.0 Å². The summed E-state index contributed by atoms with van der Waals surface area (Å²) < 4.78 is 27.8. The van der Waals surface area contributed by atoms with Crippen molar-refractivity contribution in [2.45, 2.75) is 82.7 Å². The van der Waals surface area contributed by atoms with Gasteiger partial charge in [-0.1, -0.05) is 38.7 Å². The van der Waals surface area contributed by atoms with E-state index in [1.54, 1.807) is 12.1 Å². The summed E-state index contributed by atoms with van der Waals surface area (Å²) in [6.45, 7) is 5.70. The molecule has 0 aromatic heterocycles. The maximum absolute atomic E-state index is 12.6. The molecule has 1 aliphatic rings. The van der Waals surface area contributed by atoms with Gasteiger partial charge in [0.1, 0.15) is 0 Å². The van der Waals surface area contributed by atoms with Crippen LogP contribution >= 0.6 is 0 Å². The molecule has 0 aliphatic heterocycles. The van der Waals surface area contributed by atoms with Gasteiger partial charge >= 0.3 is 0 Å². The zero-order chi connectivity index (χ0) is 18.4. The van der Waals surface area contributed by atoms with Gasteiger partial charge in [0, 0.05) is 17.6 Å². The lowest BCUT2D eigenvalue weighted by Crippen LogP contribution is -2.37. The molecule has 2 rings (SSSR count). The van der Waals surface area contributed by atoms with Crippen LogP contribution in [0.3, 0.4) is 0 Å². The summed E-state index contributed by atoms with van der Waals surface area (Å²) in [7, 11) is -3.62. The first-order valence-corrected chi connectivity index (χ1v) is 10.8. The lowest BCUT2D eigenvalue weighted by molar-refractivity contribution is 0.0927. The molecule has 1 amide bonds. The number of hydrogen-bond donors (Lipinski definition) is 2. The molecule has 1 aliphatic carbocycles. The smallest absolute Gasteiger partial charge is 0.251 e. The first kappa shape index (κ1) is 19.9. The first-order chi connectivity index (χ1) is 11.8. The molecule has 2 N–H and O–H groups in total. The molecule has 140 valence electrons. The van der Waals surface area contributed by atoms with E-state index in [0.29, 0.717) is 5.56 Å². The Balaban J connectivity index is 2.17. The van der Waals surface area contributed by atoms with Crippen LogP contribution in [-0.2, 0) is 10.0 Å². The molecule has 1 atom stereocenters. The molecule has 25 heavy (non-hydrogen) atoms. The third kappa shape index (κ3) is 5.54. The van der Waals surface area contributed by atoms with Gasteiger partial charge in [-0.15, -0.1) is 0 Å². The van der Waals surface area contributed by atoms with Crippen molar-refractivity contribution in [1.82, 2.24) is 10.0 Å². The van der Waals surface area contributed by atoms with Crippen LogP contribution in [-0.4, -0.2) is 26.4 Å². The van der Waals surface area contributed by atoms with E-state index in [-0.39, 0.29) is 22.9 Å². The predicted octanol–water partition coefficient (Wildman–Crippen LogP) is 3.52. The Morgan fingerprint density at radius 2 is 1.92 bits per heavy atom. The normalized spacial score (nSPS) is 17.2. The summed E-state index contributed by atoms with van der Waals surface area (Å²) in [6, 6.07) is 4.83. The van der Waals surface area contributed by atoms with E-state index < -0.39 is 10.0 Å². The average Bonchev–Trinajstić information content (AvgIpc) is 2.55. The standard InChI is InChI=1S/C19H30N2O3S/c1-4-8-15(3)21-25(23,24)17-12-11-14(2)18(13-17)19(22)20-16-9-6-5-7-10-16/h11-13,15-16,21H,4-10H2,1-3H3,(H,20,22)/t15-/m0/s1. The summed E-state index contributed by atoms with van der Waals surface area (Å²) in [5, 5.41) is 3.06. The molecule has 6 heteroatoms. The monoisotopic (exact) mass is 366 g/mol. The third-order valence-electron chi connectivity index (χ3n) is 4.78. The highest BCUT2D eigenvalue weighted by Gasteiger charge is 2.22. The number of aryl methyl sites for hydroxylation is 1. The maximum Gasteiger partial charge on any atom is 0.251 e. The number of sulfonamides is 1. The topological polar surface area (TPSA) is 75.3 Å². The second kappa shape index (κ2) is 8.81. The van der Waals surface area contributed by atoms with Gasteiger partial charge in [0.25, 0.3) is 5.91 Å². The Hall–Kier alpha value is -1.40. The molecule has 1 fully saturated rings. The Morgan fingerprint density at radius 3 is 2.56 bits per heavy atom. The van der Waals surface area contributed by atoms with Crippen LogP contribution in [0.1, 0.15) is 74.7 Å². The lowest BCUT2D eigenvalue weighted by Gasteiger charge is -2.23. The fourth-order valence-electron chi connectivity index (χ4n) is 3.35. The van der Waals surface area contributed by atoms with Crippen LogP contribution in [0.25, 0.3) is 0 Å². The van der Waals surface area contributed by atoms with E-state index in [1.165, 1.54) is 12.5 Å². The minimum absolute atomic E-state index is 0.129. The van der Waals surface area contributed by atoms with Gasteiger partial charge in [0.05, 0.1) is 4.90 Å². The fraction of sp³-hybridized carbons (Fsp3) is 0.632. The van der Waals surface area contributed by atoms with Crippen molar-refractivity contribution in [2.75, 3.05) is 0 Å². The highest BCUT2D eigenvalue weighted by Crippen LogP contribution is 2.20. The Labute approximate surface area is 151 Å². The molecule has 1 saturated carbocycles.